The number of hydrogen-bond donors (Lipinski definition) is 0. The zero-order valence-corrected chi connectivity index (χ0v) is 16.7. The monoisotopic (exact) mass is 400 g/mol. The summed E-state index contributed by atoms with van der Waals surface area (Å²) in [6.07, 6.45) is 2.04. The molecule has 0 bridgehead atoms. The van der Waals surface area contributed by atoms with E-state index in [1.165, 1.54) is 28.3 Å². The van der Waals surface area contributed by atoms with E-state index < -0.39 is 0 Å². The summed E-state index contributed by atoms with van der Waals surface area (Å²) in [5.41, 5.74) is 3.11. The number of imidazole rings is 1. The molecule has 0 aliphatic rings. The average Bonchev–Trinajstić information content (AvgIpc) is 3.32. The van der Waals surface area contributed by atoms with Gasteiger partial charge in [0.1, 0.15) is 16.5 Å². The SMILES string of the molecule is Cc1cn2c(CN(C)C(=O)c3csc(-c4ccc(F)cc4)n3)c(C)nc2s1. The highest BCUT2D eigenvalue weighted by atomic mass is 32.1. The van der Waals surface area contributed by atoms with E-state index in [2.05, 4.69) is 9.97 Å². The highest BCUT2D eigenvalue weighted by Crippen LogP contribution is 2.25. The van der Waals surface area contributed by atoms with Crippen LogP contribution in [0, 0.1) is 19.7 Å². The Morgan fingerprint density at radius 2 is 1.96 bits per heavy atom. The van der Waals surface area contributed by atoms with Crippen LogP contribution in [0.1, 0.15) is 26.8 Å². The van der Waals surface area contributed by atoms with Crippen LogP contribution in [-0.2, 0) is 6.54 Å². The summed E-state index contributed by atoms with van der Waals surface area (Å²) in [4.78, 5) is 25.6. The van der Waals surface area contributed by atoms with Gasteiger partial charge in [0.2, 0.25) is 0 Å². The molecule has 0 aliphatic carbocycles. The quantitative estimate of drug-likeness (QED) is 0.505. The third kappa shape index (κ3) is 3.38. The second-order valence-electron chi connectivity index (χ2n) is 6.34. The van der Waals surface area contributed by atoms with E-state index in [9.17, 15) is 9.18 Å². The predicted molar refractivity (Wildman–Crippen MR) is 106 cm³/mol. The molecule has 3 heterocycles. The van der Waals surface area contributed by atoms with Crippen LogP contribution >= 0.6 is 22.7 Å². The number of carbonyl (C=O) groups is 1. The molecule has 0 aliphatic heterocycles. The van der Waals surface area contributed by atoms with Crippen LogP contribution in [0.5, 0.6) is 0 Å². The highest BCUT2D eigenvalue weighted by Gasteiger charge is 2.20. The summed E-state index contributed by atoms with van der Waals surface area (Å²) in [5, 5.41) is 2.44. The fourth-order valence-electron chi connectivity index (χ4n) is 2.89. The maximum Gasteiger partial charge on any atom is 0.273 e. The van der Waals surface area contributed by atoms with Gasteiger partial charge in [-0.3, -0.25) is 9.20 Å². The molecule has 8 heteroatoms. The van der Waals surface area contributed by atoms with Crippen molar-refractivity contribution in [1.29, 1.82) is 0 Å². The molecule has 27 heavy (non-hydrogen) atoms. The Morgan fingerprint density at radius 1 is 1.22 bits per heavy atom. The van der Waals surface area contributed by atoms with Gasteiger partial charge in [0.25, 0.3) is 5.91 Å². The van der Waals surface area contributed by atoms with Crippen molar-refractivity contribution in [2.45, 2.75) is 20.4 Å². The molecular formula is C19H17FN4OS2. The number of amides is 1. The summed E-state index contributed by atoms with van der Waals surface area (Å²) in [6, 6.07) is 6.11. The minimum atomic E-state index is -0.294. The molecule has 4 rings (SSSR count). The van der Waals surface area contributed by atoms with Crippen LogP contribution in [0.2, 0.25) is 0 Å². The van der Waals surface area contributed by atoms with E-state index in [0.29, 0.717) is 17.2 Å². The van der Waals surface area contributed by atoms with Crippen LogP contribution in [0.4, 0.5) is 4.39 Å². The first-order valence-electron chi connectivity index (χ1n) is 8.33. The summed E-state index contributed by atoms with van der Waals surface area (Å²) in [6.45, 7) is 4.45. The van der Waals surface area contributed by atoms with Crippen LogP contribution in [0.15, 0.2) is 35.8 Å². The lowest BCUT2D eigenvalue weighted by Crippen LogP contribution is -2.27. The highest BCUT2D eigenvalue weighted by molar-refractivity contribution is 7.17. The first-order chi connectivity index (χ1) is 12.9. The van der Waals surface area contributed by atoms with Crippen LogP contribution < -0.4 is 0 Å². The molecule has 4 aromatic rings. The summed E-state index contributed by atoms with van der Waals surface area (Å²) >= 11 is 3.01. The number of fused-ring (bicyclic) bond motifs is 1. The van der Waals surface area contributed by atoms with Crippen molar-refractivity contribution < 1.29 is 9.18 Å². The standard InChI is InChI=1S/C19H17FN4OS2/c1-11-8-24-16(12(2)21-19(24)27-11)9-23(3)18(25)15-10-26-17(22-15)13-4-6-14(20)7-5-13/h4-8,10H,9H2,1-3H3. The van der Waals surface area contributed by atoms with E-state index in [4.69, 9.17) is 0 Å². The lowest BCUT2D eigenvalue weighted by Gasteiger charge is -2.16. The largest absolute Gasteiger partial charge is 0.334 e. The molecule has 5 nitrogen and oxygen atoms in total. The minimum absolute atomic E-state index is 0.152. The number of hydrogen-bond acceptors (Lipinski definition) is 5. The minimum Gasteiger partial charge on any atom is -0.334 e. The first kappa shape index (κ1) is 17.8. The Kier molecular flexibility index (Phi) is 4.53. The Balaban J connectivity index is 1.55. The Morgan fingerprint density at radius 3 is 2.70 bits per heavy atom. The number of halogens is 1. The van der Waals surface area contributed by atoms with Crippen molar-refractivity contribution in [1.82, 2.24) is 19.3 Å². The topological polar surface area (TPSA) is 50.5 Å². The van der Waals surface area contributed by atoms with Gasteiger partial charge in [-0.15, -0.1) is 22.7 Å². The molecule has 0 unspecified atom stereocenters. The number of aromatic nitrogens is 3. The molecule has 0 saturated carbocycles. The molecule has 0 atom stereocenters. The van der Waals surface area contributed by atoms with Crippen LogP contribution in [-0.4, -0.2) is 32.2 Å². The summed E-state index contributed by atoms with van der Waals surface area (Å²) in [7, 11) is 1.76. The van der Waals surface area contributed by atoms with Crippen LogP contribution in [0.25, 0.3) is 15.5 Å². The van der Waals surface area contributed by atoms with E-state index >= 15 is 0 Å². The molecular weight excluding hydrogens is 383 g/mol. The maximum atomic E-state index is 13.1. The van der Waals surface area contributed by atoms with Gasteiger partial charge in [0.05, 0.1) is 17.9 Å². The molecule has 0 saturated heterocycles. The molecule has 0 radical (unpaired) electrons. The van der Waals surface area contributed by atoms with E-state index in [0.717, 1.165) is 21.9 Å². The van der Waals surface area contributed by atoms with Crippen molar-refractivity contribution in [3.05, 3.63) is 63.6 Å². The van der Waals surface area contributed by atoms with Crippen LogP contribution in [0.3, 0.4) is 0 Å². The summed E-state index contributed by atoms with van der Waals surface area (Å²) in [5.74, 6) is -0.446. The predicted octanol–water partition coefficient (Wildman–Crippen LogP) is 4.55. The van der Waals surface area contributed by atoms with Gasteiger partial charge in [-0.1, -0.05) is 0 Å². The Hall–Kier alpha value is -2.58. The van der Waals surface area contributed by atoms with Crippen molar-refractivity contribution in [2.24, 2.45) is 0 Å². The normalized spacial score (nSPS) is 11.3. The van der Waals surface area contributed by atoms with Crippen molar-refractivity contribution in [3.63, 3.8) is 0 Å². The number of benzene rings is 1. The zero-order chi connectivity index (χ0) is 19.1. The van der Waals surface area contributed by atoms with Crippen molar-refractivity contribution in [2.75, 3.05) is 7.05 Å². The lowest BCUT2D eigenvalue weighted by atomic mass is 10.2. The fraction of sp³-hybridized carbons (Fsp3) is 0.211. The molecule has 0 fully saturated rings. The number of carbonyl (C=O) groups excluding carboxylic acids is 1. The van der Waals surface area contributed by atoms with Gasteiger partial charge in [-0.05, 0) is 38.1 Å². The van der Waals surface area contributed by atoms with Crippen molar-refractivity contribution in [3.8, 4) is 10.6 Å². The molecule has 3 aromatic heterocycles. The second kappa shape index (κ2) is 6.86. The first-order valence-corrected chi connectivity index (χ1v) is 10.0. The lowest BCUT2D eigenvalue weighted by molar-refractivity contribution is 0.0778. The Labute approximate surface area is 163 Å². The van der Waals surface area contributed by atoms with Crippen molar-refractivity contribution >= 4 is 33.5 Å². The fourth-order valence-corrected chi connectivity index (χ4v) is 4.58. The smallest absolute Gasteiger partial charge is 0.273 e. The zero-order valence-electron chi connectivity index (χ0n) is 15.1. The molecule has 0 N–H and O–H groups in total. The summed E-state index contributed by atoms with van der Waals surface area (Å²) < 4.78 is 15.1. The van der Waals surface area contributed by atoms with Gasteiger partial charge >= 0.3 is 0 Å². The Bertz CT molecular complexity index is 1130. The van der Waals surface area contributed by atoms with Gasteiger partial charge in [0, 0.05) is 29.1 Å². The molecule has 1 amide bonds. The molecule has 1 aromatic carbocycles. The van der Waals surface area contributed by atoms with Gasteiger partial charge in [-0.25, -0.2) is 14.4 Å². The van der Waals surface area contributed by atoms with Gasteiger partial charge in [0.15, 0.2) is 4.96 Å². The third-order valence-electron chi connectivity index (χ3n) is 4.29. The second-order valence-corrected chi connectivity index (χ2v) is 8.42. The van der Waals surface area contributed by atoms with E-state index in [-0.39, 0.29) is 11.7 Å². The van der Waals surface area contributed by atoms with E-state index in [1.54, 1.807) is 40.8 Å². The van der Waals surface area contributed by atoms with Gasteiger partial charge in [-0.2, -0.15) is 0 Å². The number of thiazole rings is 2. The number of nitrogens with zero attached hydrogens (tertiary/aromatic N) is 4. The van der Waals surface area contributed by atoms with E-state index in [1.807, 2.05) is 24.4 Å². The number of rotatable bonds is 4. The molecule has 138 valence electrons. The van der Waals surface area contributed by atoms with Gasteiger partial charge < -0.3 is 4.90 Å². The maximum absolute atomic E-state index is 13.1. The average molecular weight is 401 g/mol. The molecule has 0 spiro atoms. The third-order valence-corrected chi connectivity index (χ3v) is 6.08. The number of aryl methyl sites for hydroxylation is 2.